The molecule has 0 bridgehead atoms. The molecular formula is C10H10N4O6. The Kier molecular flexibility index (Phi) is 4.56. The highest BCUT2D eigenvalue weighted by atomic mass is 16.6. The number of rotatable bonds is 3. The van der Waals surface area contributed by atoms with Crippen LogP contribution in [-0.4, -0.2) is 29.8 Å². The van der Waals surface area contributed by atoms with Crippen LogP contribution in [0.25, 0.3) is 0 Å². The number of hydrogen-bond donors (Lipinski definition) is 3. The molecule has 1 aromatic carbocycles. The smallest absolute Gasteiger partial charge is 0.327 e. The SMILES string of the molecule is COc1ccc(C(=O)NNC(=O)C(N)=O)cc1[N+](=O)[O-]. The van der Waals surface area contributed by atoms with Gasteiger partial charge in [-0.25, -0.2) is 0 Å². The minimum Gasteiger partial charge on any atom is -0.490 e. The van der Waals surface area contributed by atoms with Gasteiger partial charge in [-0.2, -0.15) is 0 Å². The molecule has 0 heterocycles. The molecule has 3 amide bonds. The van der Waals surface area contributed by atoms with Crippen LogP contribution in [0, 0.1) is 10.1 Å². The van der Waals surface area contributed by atoms with Gasteiger partial charge in [0.05, 0.1) is 12.0 Å². The van der Waals surface area contributed by atoms with E-state index >= 15 is 0 Å². The fraction of sp³-hybridized carbons (Fsp3) is 0.100. The standard InChI is InChI=1S/C10H10N4O6/c1-20-7-3-2-5(4-6(7)14(18)19)9(16)12-13-10(17)8(11)15/h2-4H,1H3,(H2,11,15)(H,12,16)(H,13,17). The molecule has 0 spiro atoms. The van der Waals surface area contributed by atoms with Crippen LogP contribution in [0.5, 0.6) is 5.75 Å². The van der Waals surface area contributed by atoms with Gasteiger partial charge < -0.3 is 10.5 Å². The second-order valence-electron chi connectivity index (χ2n) is 3.42. The normalized spacial score (nSPS) is 9.45. The van der Waals surface area contributed by atoms with Crippen LogP contribution in [-0.2, 0) is 9.59 Å². The Balaban J connectivity index is 2.89. The molecule has 0 saturated carbocycles. The number of hydrazine groups is 1. The predicted octanol–water partition coefficient (Wildman–Crippen LogP) is -1.15. The molecule has 0 aliphatic heterocycles. The quantitative estimate of drug-likeness (QED) is 0.361. The van der Waals surface area contributed by atoms with Crippen LogP contribution in [0.1, 0.15) is 10.4 Å². The number of carbonyl (C=O) groups is 3. The van der Waals surface area contributed by atoms with Crippen molar-refractivity contribution in [1.29, 1.82) is 0 Å². The van der Waals surface area contributed by atoms with Gasteiger partial charge in [0, 0.05) is 11.6 Å². The fourth-order valence-electron chi connectivity index (χ4n) is 1.22. The summed E-state index contributed by atoms with van der Waals surface area (Å²) in [4.78, 5) is 42.9. The predicted molar refractivity (Wildman–Crippen MR) is 64.5 cm³/mol. The van der Waals surface area contributed by atoms with Crippen molar-refractivity contribution in [3.05, 3.63) is 33.9 Å². The van der Waals surface area contributed by atoms with Gasteiger partial charge in [-0.3, -0.25) is 35.3 Å². The summed E-state index contributed by atoms with van der Waals surface area (Å²) in [6, 6.07) is 3.44. The summed E-state index contributed by atoms with van der Waals surface area (Å²) < 4.78 is 4.77. The van der Waals surface area contributed by atoms with E-state index in [1.165, 1.54) is 19.2 Å². The second kappa shape index (κ2) is 6.13. The number of amides is 3. The fourth-order valence-corrected chi connectivity index (χ4v) is 1.22. The zero-order valence-electron chi connectivity index (χ0n) is 10.2. The Morgan fingerprint density at radius 1 is 1.30 bits per heavy atom. The molecule has 0 unspecified atom stereocenters. The number of ether oxygens (including phenoxy) is 1. The number of methoxy groups -OCH3 is 1. The highest BCUT2D eigenvalue weighted by molar-refractivity contribution is 6.34. The van der Waals surface area contributed by atoms with Gasteiger partial charge in [0.15, 0.2) is 5.75 Å². The highest BCUT2D eigenvalue weighted by Gasteiger charge is 2.18. The van der Waals surface area contributed by atoms with Crippen LogP contribution in [0.2, 0.25) is 0 Å². The van der Waals surface area contributed by atoms with Crippen molar-refractivity contribution < 1.29 is 24.0 Å². The molecule has 0 aliphatic carbocycles. The van der Waals surface area contributed by atoms with E-state index in [9.17, 15) is 24.5 Å². The van der Waals surface area contributed by atoms with E-state index in [-0.39, 0.29) is 11.3 Å². The Hall–Kier alpha value is -3.17. The average Bonchev–Trinajstić information content (AvgIpc) is 2.43. The number of hydrogen-bond acceptors (Lipinski definition) is 6. The molecular weight excluding hydrogens is 272 g/mol. The molecule has 10 nitrogen and oxygen atoms in total. The van der Waals surface area contributed by atoms with Gasteiger partial charge in [-0.15, -0.1) is 0 Å². The lowest BCUT2D eigenvalue weighted by Crippen LogP contribution is -2.47. The molecule has 0 atom stereocenters. The second-order valence-corrected chi connectivity index (χ2v) is 3.42. The molecule has 4 N–H and O–H groups in total. The minimum atomic E-state index is -1.29. The van der Waals surface area contributed by atoms with Crippen LogP contribution in [0.3, 0.4) is 0 Å². The third-order valence-corrected chi connectivity index (χ3v) is 2.15. The molecule has 1 aromatic rings. The van der Waals surface area contributed by atoms with Crippen molar-refractivity contribution >= 4 is 23.4 Å². The topological polar surface area (TPSA) is 154 Å². The van der Waals surface area contributed by atoms with Crippen molar-refractivity contribution in [3.63, 3.8) is 0 Å². The maximum atomic E-state index is 11.6. The van der Waals surface area contributed by atoms with E-state index in [4.69, 9.17) is 4.74 Å². The first-order valence-corrected chi connectivity index (χ1v) is 5.09. The van der Waals surface area contributed by atoms with Gasteiger partial charge in [0.1, 0.15) is 0 Å². The summed E-state index contributed by atoms with van der Waals surface area (Å²) in [5.74, 6) is -3.38. The number of benzene rings is 1. The summed E-state index contributed by atoms with van der Waals surface area (Å²) in [6.45, 7) is 0. The van der Waals surface area contributed by atoms with E-state index < -0.39 is 28.3 Å². The zero-order valence-corrected chi connectivity index (χ0v) is 10.2. The molecule has 106 valence electrons. The highest BCUT2D eigenvalue weighted by Crippen LogP contribution is 2.27. The van der Waals surface area contributed by atoms with Crippen molar-refractivity contribution in [1.82, 2.24) is 10.9 Å². The lowest BCUT2D eigenvalue weighted by Gasteiger charge is -2.06. The van der Waals surface area contributed by atoms with Gasteiger partial charge in [-0.1, -0.05) is 0 Å². The number of nitrogens with zero attached hydrogens (tertiary/aromatic N) is 1. The average molecular weight is 282 g/mol. The van der Waals surface area contributed by atoms with E-state index in [1.807, 2.05) is 5.43 Å². The number of carbonyl (C=O) groups excluding carboxylic acids is 3. The van der Waals surface area contributed by atoms with Crippen molar-refractivity contribution in [3.8, 4) is 5.75 Å². The lowest BCUT2D eigenvalue weighted by molar-refractivity contribution is -0.385. The minimum absolute atomic E-state index is 0.0206. The van der Waals surface area contributed by atoms with Gasteiger partial charge in [0.2, 0.25) is 0 Å². The van der Waals surface area contributed by atoms with E-state index in [1.54, 1.807) is 5.43 Å². The molecule has 0 aliphatic rings. The molecule has 0 aromatic heterocycles. The number of nitrogens with one attached hydrogen (secondary N) is 2. The van der Waals surface area contributed by atoms with E-state index in [0.29, 0.717) is 0 Å². The van der Waals surface area contributed by atoms with Gasteiger partial charge in [0.25, 0.3) is 5.91 Å². The first-order valence-electron chi connectivity index (χ1n) is 5.09. The Morgan fingerprint density at radius 2 is 1.95 bits per heavy atom. The molecule has 0 saturated heterocycles. The largest absolute Gasteiger partial charge is 0.490 e. The van der Waals surface area contributed by atoms with Crippen LogP contribution < -0.4 is 21.3 Å². The zero-order chi connectivity index (χ0) is 15.3. The van der Waals surface area contributed by atoms with Crippen LogP contribution in [0.15, 0.2) is 18.2 Å². The summed E-state index contributed by atoms with van der Waals surface area (Å²) in [5, 5.41) is 10.8. The Morgan fingerprint density at radius 3 is 2.45 bits per heavy atom. The third kappa shape index (κ3) is 3.41. The summed E-state index contributed by atoms with van der Waals surface area (Å²) in [5.41, 5.74) is 7.75. The van der Waals surface area contributed by atoms with Crippen molar-refractivity contribution in [2.45, 2.75) is 0 Å². The van der Waals surface area contributed by atoms with Crippen LogP contribution in [0.4, 0.5) is 5.69 Å². The molecule has 0 fully saturated rings. The number of nitro benzene ring substituents is 1. The molecule has 0 radical (unpaired) electrons. The summed E-state index contributed by atoms with van der Waals surface area (Å²) in [6.07, 6.45) is 0. The number of nitro groups is 1. The first-order chi connectivity index (χ1) is 9.36. The Bertz CT molecular complexity index is 585. The maximum absolute atomic E-state index is 11.6. The summed E-state index contributed by atoms with van der Waals surface area (Å²) >= 11 is 0. The molecule has 20 heavy (non-hydrogen) atoms. The Labute approximate surface area is 112 Å². The van der Waals surface area contributed by atoms with E-state index in [0.717, 1.165) is 6.07 Å². The lowest BCUT2D eigenvalue weighted by atomic mass is 10.2. The first kappa shape index (κ1) is 14.9. The van der Waals surface area contributed by atoms with Crippen molar-refractivity contribution in [2.24, 2.45) is 5.73 Å². The monoisotopic (exact) mass is 282 g/mol. The number of nitrogens with two attached hydrogens (primary N) is 1. The third-order valence-electron chi connectivity index (χ3n) is 2.15. The molecule has 1 rings (SSSR count). The van der Waals surface area contributed by atoms with Crippen molar-refractivity contribution in [2.75, 3.05) is 7.11 Å². The van der Waals surface area contributed by atoms with E-state index in [2.05, 4.69) is 5.73 Å². The van der Waals surface area contributed by atoms with Gasteiger partial charge in [-0.05, 0) is 12.1 Å². The molecule has 10 heteroatoms. The van der Waals surface area contributed by atoms with Gasteiger partial charge >= 0.3 is 17.5 Å². The van der Waals surface area contributed by atoms with Crippen LogP contribution >= 0.6 is 0 Å². The maximum Gasteiger partial charge on any atom is 0.327 e. The number of primary amides is 1. The summed E-state index contributed by atoms with van der Waals surface area (Å²) in [7, 11) is 1.25.